The zero-order chi connectivity index (χ0) is 19.0. The van der Waals surface area contributed by atoms with Gasteiger partial charge in [0.05, 0.1) is 18.8 Å². The van der Waals surface area contributed by atoms with Gasteiger partial charge in [0.25, 0.3) is 5.91 Å². The van der Waals surface area contributed by atoms with Gasteiger partial charge in [-0.1, -0.05) is 6.07 Å². The number of aromatic nitrogens is 2. The van der Waals surface area contributed by atoms with Crippen molar-refractivity contribution in [2.24, 2.45) is 0 Å². The van der Waals surface area contributed by atoms with Gasteiger partial charge in [-0.3, -0.25) is 9.78 Å². The molecule has 0 unspecified atom stereocenters. The fourth-order valence-electron chi connectivity index (χ4n) is 3.25. The lowest BCUT2D eigenvalue weighted by Crippen LogP contribution is -2.32. The lowest BCUT2D eigenvalue weighted by atomic mass is 10.0. The highest BCUT2D eigenvalue weighted by Gasteiger charge is 2.27. The summed E-state index contributed by atoms with van der Waals surface area (Å²) in [4.78, 5) is 22.8. The van der Waals surface area contributed by atoms with Gasteiger partial charge in [-0.15, -0.1) is 0 Å². The maximum absolute atomic E-state index is 12.9. The van der Waals surface area contributed by atoms with Gasteiger partial charge in [0.1, 0.15) is 6.61 Å². The van der Waals surface area contributed by atoms with Crippen molar-refractivity contribution in [2.75, 3.05) is 13.2 Å². The molecule has 1 aromatic carbocycles. The summed E-state index contributed by atoms with van der Waals surface area (Å²) in [5.41, 5.74) is 2.98. The number of phenols is 1. The van der Waals surface area contributed by atoms with Gasteiger partial charge in [0, 0.05) is 30.4 Å². The van der Waals surface area contributed by atoms with Crippen LogP contribution in [0, 0.1) is 13.8 Å². The van der Waals surface area contributed by atoms with E-state index in [9.17, 15) is 9.90 Å². The third-order valence-electron chi connectivity index (χ3n) is 4.49. The zero-order valence-corrected chi connectivity index (χ0v) is 15.1. The van der Waals surface area contributed by atoms with E-state index in [1.807, 2.05) is 18.2 Å². The second-order valence-corrected chi connectivity index (χ2v) is 6.45. The molecule has 0 spiro atoms. The number of oxazole rings is 1. The SMILES string of the molecule is Cc1nc(C)c(C(=O)N2CCOc3c(O)cc(-c4cccnc4)cc3C2)o1. The van der Waals surface area contributed by atoms with Crippen molar-refractivity contribution in [1.82, 2.24) is 14.9 Å². The van der Waals surface area contributed by atoms with Crippen LogP contribution in [0.25, 0.3) is 11.1 Å². The topological polar surface area (TPSA) is 88.7 Å². The maximum Gasteiger partial charge on any atom is 0.291 e. The molecule has 0 fully saturated rings. The molecule has 1 aliphatic rings. The Morgan fingerprint density at radius 3 is 2.81 bits per heavy atom. The normalized spacial score (nSPS) is 13.6. The van der Waals surface area contributed by atoms with Crippen molar-refractivity contribution in [2.45, 2.75) is 20.4 Å². The molecule has 0 saturated heterocycles. The van der Waals surface area contributed by atoms with Crippen molar-refractivity contribution in [3.05, 3.63) is 59.6 Å². The number of hydrogen-bond acceptors (Lipinski definition) is 6. The molecule has 0 atom stereocenters. The third kappa shape index (κ3) is 3.23. The number of hydrogen-bond donors (Lipinski definition) is 1. The lowest BCUT2D eigenvalue weighted by molar-refractivity contribution is 0.0698. The second-order valence-electron chi connectivity index (χ2n) is 6.45. The molecule has 0 saturated carbocycles. The standard InChI is InChI=1S/C20H19N3O4/c1-12-18(27-13(2)22-12)20(25)23-6-7-26-19-16(11-23)8-15(9-17(19)24)14-4-3-5-21-10-14/h3-5,8-10,24H,6-7,11H2,1-2H3. The van der Waals surface area contributed by atoms with Crippen molar-refractivity contribution < 1.29 is 19.1 Å². The summed E-state index contributed by atoms with van der Waals surface area (Å²) in [6, 6.07) is 7.31. The van der Waals surface area contributed by atoms with Gasteiger partial charge in [-0.05, 0) is 30.7 Å². The number of fused-ring (bicyclic) bond motifs is 1. The predicted octanol–water partition coefficient (Wildman–Crippen LogP) is 3.09. The average molecular weight is 365 g/mol. The largest absolute Gasteiger partial charge is 0.504 e. The molecule has 1 amide bonds. The third-order valence-corrected chi connectivity index (χ3v) is 4.49. The smallest absolute Gasteiger partial charge is 0.291 e. The minimum atomic E-state index is -0.240. The van der Waals surface area contributed by atoms with Crippen LogP contribution < -0.4 is 4.74 Å². The molecular weight excluding hydrogens is 346 g/mol. The number of carbonyl (C=O) groups excluding carboxylic acids is 1. The second kappa shape index (κ2) is 6.75. The van der Waals surface area contributed by atoms with Crippen LogP contribution in [-0.4, -0.2) is 39.0 Å². The Labute approximate surface area is 156 Å². The number of amides is 1. The molecule has 1 aliphatic heterocycles. The molecule has 4 rings (SSSR count). The van der Waals surface area contributed by atoms with Crippen molar-refractivity contribution in [3.63, 3.8) is 0 Å². The van der Waals surface area contributed by atoms with Gasteiger partial charge >= 0.3 is 0 Å². The number of aryl methyl sites for hydroxylation is 2. The average Bonchev–Trinajstić information content (AvgIpc) is 2.87. The Balaban J connectivity index is 1.70. The highest BCUT2D eigenvalue weighted by molar-refractivity contribution is 5.92. The summed E-state index contributed by atoms with van der Waals surface area (Å²) >= 11 is 0. The van der Waals surface area contributed by atoms with E-state index in [0.29, 0.717) is 30.4 Å². The summed E-state index contributed by atoms with van der Waals surface area (Å²) in [5, 5.41) is 10.4. The van der Waals surface area contributed by atoms with Gasteiger partial charge in [-0.25, -0.2) is 4.98 Å². The molecule has 0 aliphatic carbocycles. The van der Waals surface area contributed by atoms with Crippen LogP contribution in [0.4, 0.5) is 0 Å². The van der Waals surface area contributed by atoms with Crippen LogP contribution in [0.2, 0.25) is 0 Å². The molecule has 1 N–H and O–H groups in total. The molecule has 0 bridgehead atoms. The molecule has 0 radical (unpaired) electrons. The van der Waals surface area contributed by atoms with Crippen LogP contribution in [-0.2, 0) is 6.54 Å². The first-order valence-electron chi connectivity index (χ1n) is 8.65. The number of ether oxygens (including phenoxy) is 1. The summed E-state index contributed by atoms with van der Waals surface area (Å²) in [6.07, 6.45) is 3.42. The molecule has 3 heterocycles. The Bertz CT molecular complexity index is 998. The lowest BCUT2D eigenvalue weighted by Gasteiger charge is -2.19. The molecular formula is C20H19N3O4. The molecule has 2 aromatic heterocycles. The first-order chi connectivity index (χ1) is 13.0. The Kier molecular flexibility index (Phi) is 4.27. The summed E-state index contributed by atoms with van der Waals surface area (Å²) < 4.78 is 11.2. The monoisotopic (exact) mass is 365 g/mol. The minimum Gasteiger partial charge on any atom is -0.504 e. The number of aromatic hydroxyl groups is 1. The quantitative estimate of drug-likeness (QED) is 0.751. The van der Waals surface area contributed by atoms with Crippen LogP contribution in [0.1, 0.15) is 27.7 Å². The van der Waals surface area contributed by atoms with Crippen molar-refractivity contribution in [1.29, 1.82) is 0 Å². The number of phenolic OH excluding ortho intramolecular Hbond substituents is 1. The molecule has 138 valence electrons. The zero-order valence-electron chi connectivity index (χ0n) is 15.1. The Morgan fingerprint density at radius 2 is 2.11 bits per heavy atom. The van der Waals surface area contributed by atoms with Gasteiger partial charge in [0.15, 0.2) is 17.4 Å². The summed E-state index contributed by atoms with van der Waals surface area (Å²) in [6.45, 7) is 4.43. The minimum absolute atomic E-state index is 0.0485. The van der Waals surface area contributed by atoms with Crippen molar-refractivity contribution >= 4 is 5.91 Å². The van der Waals surface area contributed by atoms with Crippen LogP contribution in [0.3, 0.4) is 0 Å². The molecule has 27 heavy (non-hydrogen) atoms. The van der Waals surface area contributed by atoms with E-state index >= 15 is 0 Å². The van der Waals surface area contributed by atoms with Crippen LogP contribution in [0.15, 0.2) is 41.1 Å². The van der Waals surface area contributed by atoms with E-state index in [4.69, 9.17) is 9.15 Å². The van der Waals surface area contributed by atoms with Gasteiger partial charge in [0.2, 0.25) is 5.76 Å². The van der Waals surface area contributed by atoms with Crippen LogP contribution in [0.5, 0.6) is 11.5 Å². The first kappa shape index (κ1) is 17.1. The maximum atomic E-state index is 12.9. The van der Waals surface area contributed by atoms with E-state index in [2.05, 4.69) is 9.97 Å². The molecule has 3 aromatic rings. The van der Waals surface area contributed by atoms with Crippen LogP contribution >= 0.6 is 0 Å². The highest BCUT2D eigenvalue weighted by Crippen LogP contribution is 2.37. The first-order valence-corrected chi connectivity index (χ1v) is 8.65. The van der Waals surface area contributed by atoms with E-state index in [1.54, 1.807) is 37.2 Å². The van der Waals surface area contributed by atoms with Gasteiger partial charge < -0.3 is 19.2 Å². The highest BCUT2D eigenvalue weighted by atomic mass is 16.5. The fourth-order valence-corrected chi connectivity index (χ4v) is 3.25. The number of nitrogens with zero attached hydrogens (tertiary/aromatic N) is 3. The Hall–Kier alpha value is -3.35. The van der Waals surface area contributed by atoms with E-state index in [0.717, 1.165) is 16.7 Å². The Morgan fingerprint density at radius 1 is 1.26 bits per heavy atom. The predicted molar refractivity (Wildman–Crippen MR) is 97.6 cm³/mol. The molecule has 7 heteroatoms. The van der Waals surface area contributed by atoms with E-state index in [1.165, 1.54) is 0 Å². The number of benzene rings is 1. The van der Waals surface area contributed by atoms with Gasteiger partial charge in [-0.2, -0.15) is 0 Å². The van der Waals surface area contributed by atoms with E-state index < -0.39 is 0 Å². The summed E-state index contributed by atoms with van der Waals surface area (Å²) in [7, 11) is 0. The fraction of sp³-hybridized carbons (Fsp3) is 0.250. The summed E-state index contributed by atoms with van der Waals surface area (Å²) in [5.74, 6) is 0.911. The van der Waals surface area contributed by atoms with Crippen molar-refractivity contribution in [3.8, 4) is 22.6 Å². The number of pyridine rings is 1. The number of rotatable bonds is 2. The number of carbonyl (C=O) groups is 1. The van der Waals surface area contributed by atoms with E-state index in [-0.39, 0.29) is 24.0 Å². The molecule has 7 nitrogen and oxygen atoms in total.